The Bertz CT molecular complexity index is 353. The number of nitrogens with one attached hydrogen (secondary N) is 1. The van der Waals surface area contributed by atoms with E-state index in [1.165, 1.54) is 17.0 Å². The Labute approximate surface area is 95.3 Å². The molecule has 0 spiro atoms. The molecular weight excluding hydrogens is 207 g/mol. The number of hydrogen-bond donors (Lipinski definition) is 1. The summed E-state index contributed by atoms with van der Waals surface area (Å²) in [5.74, 6) is -0.180. The molecule has 0 bridgehead atoms. The number of halogens is 1. The van der Waals surface area contributed by atoms with Crippen molar-refractivity contribution in [2.45, 2.75) is 6.42 Å². The molecule has 0 heterocycles. The largest absolute Gasteiger partial charge is 0.348 e. The smallest absolute Gasteiger partial charge is 0.236 e. The highest BCUT2D eigenvalue weighted by molar-refractivity contribution is 5.77. The second kappa shape index (κ2) is 6.23. The quantitative estimate of drug-likeness (QED) is 0.758. The van der Waals surface area contributed by atoms with Gasteiger partial charge in [-0.2, -0.15) is 0 Å². The second-order valence-electron chi connectivity index (χ2n) is 3.84. The maximum Gasteiger partial charge on any atom is 0.236 e. The zero-order valence-electron chi connectivity index (χ0n) is 9.66. The van der Waals surface area contributed by atoms with E-state index in [1.54, 1.807) is 20.2 Å². The number of nitrogens with zero attached hydrogens (tertiary/aromatic N) is 1. The van der Waals surface area contributed by atoms with Gasteiger partial charge in [-0.15, -0.1) is 0 Å². The second-order valence-corrected chi connectivity index (χ2v) is 3.84. The Morgan fingerprint density at radius 2 is 2.19 bits per heavy atom. The molecule has 4 heteroatoms. The first-order chi connectivity index (χ1) is 7.59. The van der Waals surface area contributed by atoms with E-state index in [4.69, 9.17) is 0 Å². The molecule has 0 aliphatic rings. The van der Waals surface area contributed by atoms with Crippen molar-refractivity contribution in [1.82, 2.24) is 10.2 Å². The maximum absolute atomic E-state index is 12.8. The number of rotatable bonds is 5. The van der Waals surface area contributed by atoms with Gasteiger partial charge < -0.3 is 10.2 Å². The molecule has 0 fully saturated rings. The first kappa shape index (κ1) is 12.6. The highest BCUT2D eigenvalue weighted by Gasteiger charge is 2.02. The van der Waals surface area contributed by atoms with Gasteiger partial charge in [-0.05, 0) is 30.7 Å². The summed E-state index contributed by atoms with van der Waals surface area (Å²) < 4.78 is 12.8. The van der Waals surface area contributed by atoms with Crippen LogP contribution in [0.2, 0.25) is 0 Å². The van der Waals surface area contributed by atoms with Crippen LogP contribution in [0.4, 0.5) is 4.39 Å². The Kier molecular flexibility index (Phi) is 4.92. The van der Waals surface area contributed by atoms with Gasteiger partial charge in [-0.25, -0.2) is 4.39 Å². The van der Waals surface area contributed by atoms with Gasteiger partial charge in [0, 0.05) is 14.1 Å². The molecule has 16 heavy (non-hydrogen) atoms. The zero-order chi connectivity index (χ0) is 12.0. The van der Waals surface area contributed by atoms with E-state index < -0.39 is 0 Å². The summed E-state index contributed by atoms with van der Waals surface area (Å²) in [6.45, 7) is 0.991. The van der Waals surface area contributed by atoms with E-state index in [-0.39, 0.29) is 11.7 Å². The standard InChI is InChI=1S/C12H17FN2O/c1-15(2)12(16)9-14-7-6-10-4-3-5-11(13)8-10/h3-5,8,14H,6-7,9H2,1-2H3. The fraction of sp³-hybridized carbons (Fsp3) is 0.417. The minimum Gasteiger partial charge on any atom is -0.348 e. The van der Waals surface area contributed by atoms with Crippen LogP contribution in [0.1, 0.15) is 5.56 Å². The lowest BCUT2D eigenvalue weighted by atomic mass is 10.1. The average Bonchev–Trinajstić information content (AvgIpc) is 2.24. The number of likely N-dealkylation sites (N-methyl/N-ethyl adjacent to an activating group) is 1. The first-order valence-corrected chi connectivity index (χ1v) is 5.25. The van der Waals surface area contributed by atoms with Crippen LogP contribution in [0, 0.1) is 5.82 Å². The molecule has 88 valence electrons. The van der Waals surface area contributed by atoms with Gasteiger partial charge in [0.25, 0.3) is 0 Å². The Balaban J connectivity index is 2.23. The van der Waals surface area contributed by atoms with Crippen molar-refractivity contribution in [3.8, 4) is 0 Å². The summed E-state index contributed by atoms with van der Waals surface area (Å²) in [6, 6.07) is 6.50. The third-order valence-electron chi connectivity index (χ3n) is 2.25. The molecule has 0 aliphatic carbocycles. The van der Waals surface area contributed by atoms with Gasteiger partial charge in [0.05, 0.1) is 6.54 Å². The Hall–Kier alpha value is -1.42. The van der Waals surface area contributed by atoms with Crippen LogP contribution in [-0.2, 0) is 11.2 Å². The summed E-state index contributed by atoms with van der Waals surface area (Å²) in [5.41, 5.74) is 0.935. The summed E-state index contributed by atoms with van der Waals surface area (Å²) in [5, 5.41) is 3.02. The molecule has 0 saturated heterocycles. The fourth-order valence-corrected chi connectivity index (χ4v) is 1.28. The SMILES string of the molecule is CN(C)C(=O)CNCCc1cccc(F)c1. The van der Waals surface area contributed by atoms with E-state index in [0.29, 0.717) is 13.1 Å². The highest BCUT2D eigenvalue weighted by atomic mass is 19.1. The molecule has 1 aromatic rings. The summed E-state index contributed by atoms with van der Waals surface area (Å²) in [6.07, 6.45) is 0.721. The number of carbonyl (C=O) groups is 1. The van der Waals surface area contributed by atoms with Crippen LogP contribution < -0.4 is 5.32 Å². The predicted octanol–water partition coefficient (Wildman–Crippen LogP) is 1.05. The number of carbonyl (C=O) groups excluding carboxylic acids is 1. The van der Waals surface area contributed by atoms with E-state index in [1.807, 2.05) is 6.07 Å². The van der Waals surface area contributed by atoms with Crippen molar-refractivity contribution in [3.63, 3.8) is 0 Å². The normalized spacial score (nSPS) is 10.2. The van der Waals surface area contributed by atoms with E-state index in [2.05, 4.69) is 5.32 Å². The third-order valence-corrected chi connectivity index (χ3v) is 2.25. The lowest BCUT2D eigenvalue weighted by molar-refractivity contribution is -0.127. The average molecular weight is 224 g/mol. The number of hydrogen-bond acceptors (Lipinski definition) is 2. The van der Waals surface area contributed by atoms with Crippen molar-refractivity contribution < 1.29 is 9.18 Å². The molecular formula is C12H17FN2O. The molecule has 3 nitrogen and oxygen atoms in total. The summed E-state index contributed by atoms with van der Waals surface area (Å²) in [7, 11) is 3.44. The lowest BCUT2D eigenvalue weighted by Crippen LogP contribution is -2.33. The molecule has 0 unspecified atom stereocenters. The van der Waals surface area contributed by atoms with Crippen LogP contribution in [0.3, 0.4) is 0 Å². The van der Waals surface area contributed by atoms with Crippen molar-refractivity contribution in [2.24, 2.45) is 0 Å². The highest BCUT2D eigenvalue weighted by Crippen LogP contribution is 2.03. The molecule has 1 N–H and O–H groups in total. The summed E-state index contributed by atoms with van der Waals surface area (Å²) in [4.78, 5) is 12.7. The van der Waals surface area contributed by atoms with Crippen molar-refractivity contribution in [1.29, 1.82) is 0 Å². The molecule has 0 atom stereocenters. The van der Waals surface area contributed by atoms with Crippen LogP contribution in [0.25, 0.3) is 0 Å². The van der Waals surface area contributed by atoms with Crippen LogP contribution in [0.15, 0.2) is 24.3 Å². The first-order valence-electron chi connectivity index (χ1n) is 5.25. The zero-order valence-corrected chi connectivity index (χ0v) is 9.66. The molecule has 0 radical (unpaired) electrons. The minimum absolute atomic E-state index is 0.0410. The fourth-order valence-electron chi connectivity index (χ4n) is 1.28. The van der Waals surface area contributed by atoms with Crippen molar-refractivity contribution >= 4 is 5.91 Å². The third kappa shape index (κ3) is 4.40. The minimum atomic E-state index is -0.220. The van der Waals surface area contributed by atoms with Crippen molar-refractivity contribution in [2.75, 3.05) is 27.2 Å². The predicted molar refractivity (Wildman–Crippen MR) is 61.7 cm³/mol. The van der Waals surface area contributed by atoms with Gasteiger partial charge >= 0.3 is 0 Å². The van der Waals surface area contributed by atoms with Crippen LogP contribution in [0.5, 0.6) is 0 Å². The number of benzene rings is 1. The van der Waals surface area contributed by atoms with Crippen molar-refractivity contribution in [3.05, 3.63) is 35.6 Å². The van der Waals surface area contributed by atoms with Gasteiger partial charge in [0.15, 0.2) is 0 Å². The monoisotopic (exact) mass is 224 g/mol. The van der Waals surface area contributed by atoms with Crippen LogP contribution >= 0.6 is 0 Å². The Morgan fingerprint density at radius 3 is 2.81 bits per heavy atom. The molecule has 0 aliphatic heterocycles. The van der Waals surface area contributed by atoms with Gasteiger partial charge in [-0.1, -0.05) is 12.1 Å². The van der Waals surface area contributed by atoms with Gasteiger partial charge in [0.1, 0.15) is 5.82 Å². The molecule has 1 aromatic carbocycles. The molecule has 0 aromatic heterocycles. The topological polar surface area (TPSA) is 32.3 Å². The summed E-state index contributed by atoms with van der Waals surface area (Å²) >= 11 is 0. The molecule has 1 amide bonds. The van der Waals surface area contributed by atoms with E-state index in [0.717, 1.165) is 12.0 Å². The molecule has 0 saturated carbocycles. The number of amides is 1. The van der Waals surface area contributed by atoms with Crippen LogP contribution in [-0.4, -0.2) is 38.0 Å². The van der Waals surface area contributed by atoms with E-state index >= 15 is 0 Å². The van der Waals surface area contributed by atoms with Gasteiger partial charge in [0.2, 0.25) is 5.91 Å². The lowest BCUT2D eigenvalue weighted by Gasteiger charge is -2.10. The van der Waals surface area contributed by atoms with E-state index in [9.17, 15) is 9.18 Å². The van der Waals surface area contributed by atoms with Gasteiger partial charge in [-0.3, -0.25) is 4.79 Å². The maximum atomic E-state index is 12.8. The molecule has 1 rings (SSSR count). The Morgan fingerprint density at radius 1 is 1.44 bits per heavy atom.